The van der Waals surface area contributed by atoms with E-state index in [1.807, 2.05) is 7.05 Å². The van der Waals surface area contributed by atoms with Crippen molar-refractivity contribution in [3.05, 3.63) is 0 Å². The predicted octanol–water partition coefficient (Wildman–Crippen LogP) is 4.02. The number of nitrogens with zero attached hydrogens (tertiary/aromatic N) is 1. The van der Waals surface area contributed by atoms with Crippen molar-refractivity contribution in [3.8, 4) is 6.07 Å². The Morgan fingerprint density at radius 3 is 1.62 bits per heavy atom. The van der Waals surface area contributed by atoms with Gasteiger partial charge in [-0.2, -0.15) is 5.26 Å². The van der Waals surface area contributed by atoms with Crippen LogP contribution in [0.2, 0.25) is 0 Å². The Labute approximate surface area is 101 Å². The Bertz CT molecular complexity index is 161. The van der Waals surface area contributed by atoms with Crippen LogP contribution in [-0.2, 0) is 0 Å². The molecule has 0 unspecified atom stereocenters. The lowest BCUT2D eigenvalue weighted by Crippen LogP contribution is -2.06. The predicted molar refractivity (Wildman–Crippen MR) is 70.3 cm³/mol. The van der Waals surface area contributed by atoms with Gasteiger partial charge in [-0.25, -0.2) is 0 Å². The summed E-state index contributed by atoms with van der Waals surface area (Å²) in [5, 5.41) is 11.6. The van der Waals surface area contributed by atoms with Gasteiger partial charge in [-0.15, -0.1) is 0 Å². The summed E-state index contributed by atoms with van der Waals surface area (Å²) in [5.74, 6) is 0. The second-order valence-corrected chi connectivity index (χ2v) is 4.55. The molecule has 0 aliphatic carbocycles. The SMILES string of the molecule is CNCCCCCCCCCCCCC#N. The molecule has 2 nitrogen and oxygen atoms in total. The van der Waals surface area contributed by atoms with Gasteiger partial charge in [0.15, 0.2) is 0 Å². The second-order valence-electron chi connectivity index (χ2n) is 4.55. The zero-order chi connectivity index (χ0) is 11.9. The maximum absolute atomic E-state index is 8.37. The molecule has 94 valence electrons. The molecule has 2 heteroatoms. The summed E-state index contributed by atoms with van der Waals surface area (Å²) in [4.78, 5) is 0. The zero-order valence-corrected chi connectivity index (χ0v) is 10.9. The van der Waals surface area contributed by atoms with Crippen LogP contribution in [0.5, 0.6) is 0 Å². The maximum Gasteiger partial charge on any atom is 0.0621 e. The number of hydrogen-bond acceptors (Lipinski definition) is 2. The Hall–Kier alpha value is -0.550. The summed E-state index contributed by atoms with van der Waals surface area (Å²) in [5.41, 5.74) is 0. The number of nitrogens with one attached hydrogen (secondary N) is 1. The van der Waals surface area contributed by atoms with Crippen molar-refractivity contribution < 1.29 is 0 Å². The molecule has 16 heavy (non-hydrogen) atoms. The lowest BCUT2D eigenvalue weighted by molar-refractivity contribution is 0.548. The highest BCUT2D eigenvalue weighted by Crippen LogP contribution is 2.10. The fourth-order valence-corrected chi connectivity index (χ4v) is 1.92. The van der Waals surface area contributed by atoms with Gasteiger partial charge in [0.05, 0.1) is 6.07 Å². The number of rotatable bonds is 12. The standard InChI is InChI=1S/C14H28N2/c1-16-14-12-10-8-6-4-2-3-5-7-9-11-13-15/h16H,2-12,14H2,1H3. The molecule has 0 aromatic rings. The Kier molecular flexibility index (Phi) is 14.0. The van der Waals surface area contributed by atoms with Crippen LogP contribution in [-0.4, -0.2) is 13.6 Å². The molecule has 0 aromatic carbocycles. The normalized spacial score (nSPS) is 10.2. The fourth-order valence-electron chi connectivity index (χ4n) is 1.92. The molecule has 0 spiro atoms. The van der Waals surface area contributed by atoms with E-state index in [2.05, 4.69) is 11.4 Å². The lowest BCUT2D eigenvalue weighted by Gasteiger charge is -2.02. The first-order chi connectivity index (χ1) is 7.91. The Morgan fingerprint density at radius 1 is 0.750 bits per heavy atom. The summed E-state index contributed by atoms with van der Waals surface area (Å²) >= 11 is 0. The molecular weight excluding hydrogens is 196 g/mol. The van der Waals surface area contributed by atoms with E-state index in [1.165, 1.54) is 64.3 Å². The fraction of sp³-hybridized carbons (Fsp3) is 0.929. The van der Waals surface area contributed by atoms with E-state index in [-0.39, 0.29) is 0 Å². The third-order valence-electron chi connectivity index (χ3n) is 2.97. The van der Waals surface area contributed by atoms with Crippen LogP contribution >= 0.6 is 0 Å². The van der Waals surface area contributed by atoms with Gasteiger partial charge in [-0.05, 0) is 26.4 Å². The van der Waals surface area contributed by atoms with E-state index < -0.39 is 0 Å². The molecular formula is C14H28N2. The minimum atomic E-state index is 0.742. The maximum atomic E-state index is 8.37. The third-order valence-corrected chi connectivity index (χ3v) is 2.97. The van der Waals surface area contributed by atoms with Crippen molar-refractivity contribution in [2.75, 3.05) is 13.6 Å². The van der Waals surface area contributed by atoms with Crippen LogP contribution in [0, 0.1) is 11.3 Å². The van der Waals surface area contributed by atoms with Gasteiger partial charge in [-0.1, -0.05) is 51.4 Å². The van der Waals surface area contributed by atoms with Crippen LogP contribution < -0.4 is 5.32 Å². The van der Waals surface area contributed by atoms with Gasteiger partial charge in [0.1, 0.15) is 0 Å². The van der Waals surface area contributed by atoms with Gasteiger partial charge >= 0.3 is 0 Å². The van der Waals surface area contributed by atoms with E-state index in [0.717, 1.165) is 12.8 Å². The zero-order valence-electron chi connectivity index (χ0n) is 10.9. The lowest BCUT2D eigenvalue weighted by atomic mass is 10.1. The quantitative estimate of drug-likeness (QED) is 0.508. The van der Waals surface area contributed by atoms with E-state index in [1.54, 1.807) is 0 Å². The van der Waals surface area contributed by atoms with Gasteiger partial charge in [0.2, 0.25) is 0 Å². The van der Waals surface area contributed by atoms with Crippen LogP contribution in [0.4, 0.5) is 0 Å². The molecule has 0 aliphatic heterocycles. The van der Waals surface area contributed by atoms with E-state index in [4.69, 9.17) is 5.26 Å². The topological polar surface area (TPSA) is 35.8 Å². The van der Waals surface area contributed by atoms with Crippen LogP contribution in [0.25, 0.3) is 0 Å². The molecule has 0 saturated carbocycles. The summed E-state index contributed by atoms with van der Waals surface area (Å²) in [6.45, 7) is 1.17. The van der Waals surface area contributed by atoms with Crippen molar-refractivity contribution in [2.24, 2.45) is 0 Å². The van der Waals surface area contributed by atoms with E-state index >= 15 is 0 Å². The molecule has 0 amide bonds. The molecule has 0 bridgehead atoms. The van der Waals surface area contributed by atoms with Crippen molar-refractivity contribution in [1.82, 2.24) is 5.32 Å². The minimum Gasteiger partial charge on any atom is -0.320 e. The smallest absolute Gasteiger partial charge is 0.0621 e. The first kappa shape index (κ1) is 15.4. The number of hydrogen-bond donors (Lipinski definition) is 1. The highest BCUT2D eigenvalue weighted by Gasteiger charge is 1.92. The Balaban J connectivity index is 2.86. The van der Waals surface area contributed by atoms with Gasteiger partial charge in [0, 0.05) is 6.42 Å². The molecule has 0 fully saturated rings. The summed E-state index contributed by atoms with van der Waals surface area (Å²) in [6, 6.07) is 2.20. The second kappa shape index (κ2) is 14.5. The van der Waals surface area contributed by atoms with Crippen molar-refractivity contribution in [3.63, 3.8) is 0 Å². The third kappa shape index (κ3) is 13.4. The minimum absolute atomic E-state index is 0.742. The first-order valence-electron chi connectivity index (χ1n) is 6.93. The van der Waals surface area contributed by atoms with Gasteiger partial charge < -0.3 is 5.32 Å². The molecule has 0 atom stereocenters. The molecule has 0 rings (SSSR count). The molecule has 0 aromatic heterocycles. The molecule has 0 saturated heterocycles. The first-order valence-corrected chi connectivity index (χ1v) is 6.93. The van der Waals surface area contributed by atoms with Crippen molar-refractivity contribution >= 4 is 0 Å². The number of unbranched alkanes of at least 4 members (excludes halogenated alkanes) is 10. The molecule has 0 radical (unpaired) electrons. The molecule has 0 aliphatic rings. The highest BCUT2D eigenvalue weighted by atomic mass is 14.8. The van der Waals surface area contributed by atoms with Crippen molar-refractivity contribution in [2.45, 2.75) is 70.6 Å². The molecule has 1 N–H and O–H groups in total. The average molecular weight is 224 g/mol. The van der Waals surface area contributed by atoms with Crippen LogP contribution in [0.1, 0.15) is 70.6 Å². The monoisotopic (exact) mass is 224 g/mol. The largest absolute Gasteiger partial charge is 0.320 e. The van der Waals surface area contributed by atoms with Crippen LogP contribution in [0.15, 0.2) is 0 Å². The Morgan fingerprint density at radius 2 is 1.19 bits per heavy atom. The van der Waals surface area contributed by atoms with Gasteiger partial charge in [0.25, 0.3) is 0 Å². The summed E-state index contributed by atoms with van der Waals surface area (Å²) < 4.78 is 0. The summed E-state index contributed by atoms with van der Waals surface area (Å²) in [7, 11) is 2.02. The van der Waals surface area contributed by atoms with Crippen LogP contribution in [0.3, 0.4) is 0 Å². The molecule has 0 heterocycles. The average Bonchev–Trinajstić information content (AvgIpc) is 2.31. The summed E-state index contributed by atoms with van der Waals surface area (Å²) in [6.07, 6.45) is 14.1. The van der Waals surface area contributed by atoms with Crippen molar-refractivity contribution in [1.29, 1.82) is 5.26 Å². The van der Waals surface area contributed by atoms with Gasteiger partial charge in [-0.3, -0.25) is 0 Å². The van der Waals surface area contributed by atoms with E-state index in [0.29, 0.717) is 0 Å². The highest BCUT2D eigenvalue weighted by molar-refractivity contribution is 4.67. The number of nitriles is 1. The van der Waals surface area contributed by atoms with E-state index in [9.17, 15) is 0 Å².